The molecule has 4 rings (SSSR count). The molecule has 0 fully saturated rings. The summed E-state index contributed by atoms with van der Waals surface area (Å²) in [5.74, 6) is 2.47. The third-order valence-electron chi connectivity index (χ3n) is 4.23. The molecule has 6 nitrogen and oxygen atoms in total. The number of hydrogen-bond acceptors (Lipinski definition) is 8. The molecule has 0 unspecified atom stereocenters. The third kappa shape index (κ3) is 4.23. The van der Waals surface area contributed by atoms with E-state index in [9.17, 15) is 9.59 Å². The van der Waals surface area contributed by atoms with E-state index in [1.807, 2.05) is 24.3 Å². The predicted molar refractivity (Wildman–Crippen MR) is 112 cm³/mol. The van der Waals surface area contributed by atoms with Gasteiger partial charge >= 0.3 is 11.9 Å². The number of aromatic nitrogens is 2. The summed E-state index contributed by atoms with van der Waals surface area (Å²) in [6.07, 6.45) is 0. The second kappa shape index (κ2) is 8.79. The van der Waals surface area contributed by atoms with Gasteiger partial charge in [0.05, 0.1) is 11.0 Å². The van der Waals surface area contributed by atoms with Gasteiger partial charge < -0.3 is 9.47 Å². The molecule has 1 aliphatic rings. The first-order chi connectivity index (χ1) is 13.7. The molecule has 3 aromatic rings. The molecule has 1 aliphatic heterocycles. The largest absolute Gasteiger partial charge is 0.460 e. The number of hydrogen-bond donors (Lipinski definition) is 0. The maximum atomic E-state index is 12.4. The Labute approximate surface area is 170 Å². The van der Waals surface area contributed by atoms with Crippen molar-refractivity contribution in [2.45, 2.75) is 0 Å². The lowest BCUT2D eigenvalue weighted by molar-refractivity contribution is 0.0514. The molecule has 0 saturated heterocycles. The first-order valence-corrected chi connectivity index (χ1v) is 11.2. The fourth-order valence-corrected chi connectivity index (χ4v) is 4.60. The number of pyridine rings is 2. The number of nitrogens with zero attached hydrogens (tertiary/aromatic N) is 2. The summed E-state index contributed by atoms with van der Waals surface area (Å²) in [5, 5.41) is 1.67. The highest BCUT2D eigenvalue weighted by Gasteiger charge is 2.15. The van der Waals surface area contributed by atoms with Crippen LogP contribution in [0.25, 0.3) is 21.8 Å². The Morgan fingerprint density at radius 3 is 1.54 bits per heavy atom. The standard InChI is InChI=1S/C20H18N2O4S2/c23-19-15-5-3-13-1-2-14-4-6-16(22-18(14)17(13)21-15)20(24)26-8-10-28-12-11-27-9-7-25-19/h1-6H,7-12H2. The summed E-state index contributed by atoms with van der Waals surface area (Å²) in [4.78, 5) is 33.7. The zero-order chi connectivity index (χ0) is 19.3. The molecule has 4 bridgehead atoms. The number of benzene rings is 1. The van der Waals surface area contributed by atoms with Crippen molar-refractivity contribution in [1.29, 1.82) is 0 Å². The molecule has 144 valence electrons. The van der Waals surface area contributed by atoms with Crippen molar-refractivity contribution >= 4 is 57.3 Å². The van der Waals surface area contributed by atoms with E-state index in [0.717, 1.165) is 33.8 Å². The van der Waals surface area contributed by atoms with Gasteiger partial charge in [0.15, 0.2) is 0 Å². The smallest absolute Gasteiger partial charge is 0.356 e. The van der Waals surface area contributed by atoms with Crippen molar-refractivity contribution in [3.05, 3.63) is 47.8 Å². The SMILES string of the molecule is O=C1OCCSCCSCCOC(=O)c2ccc3ccc4ccc1nc4c3n2. The van der Waals surface area contributed by atoms with Gasteiger partial charge in [0.1, 0.15) is 24.6 Å². The topological polar surface area (TPSA) is 78.4 Å². The number of esters is 2. The highest BCUT2D eigenvalue weighted by molar-refractivity contribution is 8.02. The molecule has 0 N–H and O–H groups in total. The summed E-state index contributed by atoms with van der Waals surface area (Å²) in [6, 6.07) is 10.8. The van der Waals surface area contributed by atoms with Gasteiger partial charge in [-0.25, -0.2) is 19.6 Å². The van der Waals surface area contributed by atoms with Crippen LogP contribution < -0.4 is 0 Å². The first kappa shape index (κ1) is 19.0. The normalized spacial score (nSPS) is 16.9. The average molecular weight is 415 g/mol. The van der Waals surface area contributed by atoms with E-state index < -0.39 is 11.9 Å². The quantitative estimate of drug-likeness (QED) is 0.408. The van der Waals surface area contributed by atoms with Crippen molar-refractivity contribution in [2.24, 2.45) is 0 Å². The summed E-state index contributed by atoms with van der Waals surface area (Å²) >= 11 is 3.46. The minimum absolute atomic E-state index is 0.233. The zero-order valence-corrected chi connectivity index (χ0v) is 16.7. The maximum absolute atomic E-state index is 12.4. The number of rotatable bonds is 0. The minimum atomic E-state index is -0.453. The van der Waals surface area contributed by atoms with Gasteiger partial charge in [-0.05, 0) is 12.1 Å². The van der Waals surface area contributed by atoms with Crippen LogP contribution in [0.3, 0.4) is 0 Å². The van der Waals surface area contributed by atoms with Crippen LogP contribution in [-0.2, 0) is 9.47 Å². The number of carbonyl (C=O) groups excluding carboxylic acids is 2. The van der Waals surface area contributed by atoms with Crippen LogP contribution in [-0.4, -0.2) is 58.1 Å². The molecule has 0 aliphatic carbocycles. The molecule has 28 heavy (non-hydrogen) atoms. The second-order valence-corrected chi connectivity index (χ2v) is 8.55. The third-order valence-corrected chi connectivity index (χ3v) is 6.39. The molecule has 0 atom stereocenters. The Morgan fingerprint density at radius 1 is 0.643 bits per heavy atom. The molecule has 2 aromatic heterocycles. The van der Waals surface area contributed by atoms with Gasteiger partial charge in [0, 0.05) is 33.8 Å². The van der Waals surface area contributed by atoms with Crippen LogP contribution in [0.2, 0.25) is 0 Å². The van der Waals surface area contributed by atoms with Crippen molar-refractivity contribution in [2.75, 3.05) is 36.2 Å². The predicted octanol–water partition coefficient (Wildman–Crippen LogP) is 3.58. The van der Waals surface area contributed by atoms with E-state index in [0.29, 0.717) is 24.2 Å². The van der Waals surface area contributed by atoms with Gasteiger partial charge in [0.2, 0.25) is 0 Å². The summed E-state index contributed by atoms with van der Waals surface area (Å²) in [7, 11) is 0. The lowest BCUT2D eigenvalue weighted by Crippen LogP contribution is -2.12. The molecule has 0 spiro atoms. The van der Waals surface area contributed by atoms with Crippen LogP contribution >= 0.6 is 23.5 Å². The molecule has 0 amide bonds. The van der Waals surface area contributed by atoms with Gasteiger partial charge in [-0.15, -0.1) is 0 Å². The Bertz CT molecular complexity index is 959. The number of carbonyl (C=O) groups is 2. The summed E-state index contributed by atoms with van der Waals surface area (Å²) in [5.41, 5.74) is 1.59. The monoisotopic (exact) mass is 414 g/mol. The molecule has 0 radical (unpaired) electrons. The fraction of sp³-hybridized carbons (Fsp3) is 0.300. The first-order valence-electron chi connectivity index (χ1n) is 8.93. The molecular weight excluding hydrogens is 396 g/mol. The van der Waals surface area contributed by atoms with E-state index >= 15 is 0 Å². The average Bonchev–Trinajstić information content (AvgIpc) is 2.73. The lowest BCUT2D eigenvalue weighted by Gasteiger charge is -2.09. The van der Waals surface area contributed by atoms with Crippen LogP contribution in [0.15, 0.2) is 36.4 Å². The number of thioether (sulfide) groups is 2. The highest BCUT2D eigenvalue weighted by Crippen LogP contribution is 2.23. The van der Waals surface area contributed by atoms with E-state index in [1.54, 1.807) is 35.7 Å². The molecule has 3 heterocycles. The fourth-order valence-electron chi connectivity index (χ4n) is 2.85. The maximum Gasteiger partial charge on any atom is 0.356 e. The zero-order valence-electron chi connectivity index (χ0n) is 15.1. The Morgan fingerprint density at radius 2 is 1.07 bits per heavy atom. The molecule has 8 heteroatoms. The number of fused-ring (bicyclic) bond motifs is 2. The Kier molecular flexibility index (Phi) is 5.97. The van der Waals surface area contributed by atoms with Crippen LogP contribution in [0, 0.1) is 0 Å². The van der Waals surface area contributed by atoms with E-state index in [4.69, 9.17) is 9.47 Å². The van der Waals surface area contributed by atoms with Gasteiger partial charge in [-0.2, -0.15) is 23.5 Å². The molecule has 1 aromatic carbocycles. The Hall–Kier alpha value is -2.32. The highest BCUT2D eigenvalue weighted by atomic mass is 32.2. The van der Waals surface area contributed by atoms with Crippen LogP contribution in [0.4, 0.5) is 0 Å². The van der Waals surface area contributed by atoms with Crippen molar-refractivity contribution in [1.82, 2.24) is 9.97 Å². The van der Waals surface area contributed by atoms with E-state index in [1.165, 1.54) is 0 Å². The number of ether oxygens (including phenoxy) is 2. The lowest BCUT2D eigenvalue weighted by atomic mass is 10.1. The molecular formula is C20H18N2O4S2. The van der Waals surface area contributed by atoms with Crippen molar-refractivity contribution < 1.29 is 19.1 Å². The van der Waals surface area contributed by atoms with Crippen molar-refractivity contribution in [3.63, 3.8) is 0 Å². The van der Waals surface area contributed by atoms with Gasteiger partial charge in [-0.1, -0.05) is 24.3 Å². The molecule has 0 saturated carbocycles. The van der Waals surface area contributed by atoms with Gasteiger partial charge in [-0.3, -0.25) is 0 Å². The summed E-state index contributed by atoms with van der Waals surface area (Å²) < 4.78 is 10.7. The second-order valence-electron chi connectivity index (χ2n) is 6.10. The van der Waals surface area contributed by atoms with E-state index in [2.05, 4.69) is 9.97 Å². The minimum Gasteiger partial charge on any atom is -0.460 e. The van der Waals surface area contributed by atoms with Crippen LogP contribution in [0.1, 0.15) is 21.0 Å². The van der Waals surface area contributed by atoms with E-state index in [-0.39, 0.29) is 11.4 Å². The number of cyclic esters (lactones) is 2. The summed E-state index contributed by atoms with van der Waals surface area (Å²) in [6.45, 7) is 0.701. The van der Waals surface area contributed by atoms with Crippen molar-refractivity contribution in [3.8, 4) is 0 Å². The Balaban J connectivity index is 1.75. The van der Waals surface area contributed by atoms with Crippen LogP contribution in [0.5, 0.6) is 0 Å². The van der Waals surface area contributed by atoms with Gasteiger partial charge in [0.25, 0.3) is 0 Å².